The molecular formula is C20H19ClN4O4S. The first-order chi connectivity index (χ1) is 14.2. The Kier molecular flexibility index (Phi) is 6.23. The molecule has 156 valence electrons. The number of benzene rings is 2. The van der Waals surface area contributed by atoms with Gasteiger partial charge in [0.1, 0.15) is 11.2 Å². The number of fused-ring (bicyclic) bond motifs is 1. The largest absolute Gasteiger partial charge is 0.368 e. The van der Waals surface area contributed by atoms with Crippen LogP contribution in [-0.2, 0) is 21.2 Å². The van der Waals surface area contributed by atoms with Crippen molar-refractivity contribution < 1.29 is 13.2 Å². The Labute approximate surface area is 178 Å². The van der Waals surface area contributed by atoms with Crippen molar-refractivity contribution in [2.45, 2.75) is 11.3 Å². The fourth-order valence-electron chi connectivity index (χ4n) is 2.75. The monoisotopic (exact) mass is 446 g/mol. The average Bonchev–Trinajstić information content (AvgIpc) is 2.67. The van der Waals surface area contributed by atoms with Crippen LogP contribution in [0.5, 0.6) is 0 Å². The van der Waals surface area contributed by atoms with E-state index in [0.717, 1.165) is 6.34 Å². The van der Waals surface area contributed by atoms with Crippen LogP contribution in [0.25, 0.3) is 10.9 Å². The molecule has 3 rings (SSSR count). The molecule has 0 atom stereocenters. The minimum absolute atomic E-state index is 0.00385. The molecule has 0 aliphatic heterocycles. The topological polar surface area (TPSA) is 112 Å². The van der Waals surface area contributed by atoms with Crippen molar-refractivity contribution in [3.8, 4) is 0 Å². The summed E-state index contributed by atoms with van der Waals surface area (Å²) < 4.78 is 29.2. The van der Waals surface area contributed by atoms with Crippen molar-refractivity contribution in [3.05, 3.63) is 69.5 Å². The summed E-state index contributed by atoms with van der Waals surface area (Å²) in [5, 5.41) is 3.40. The smallest absolute Gasteiger partial charge is 0.284 e. The second-order valence-electron chi connectivity index (χ2n) is 6.73. The van der Waals surface area contributed by atoms with Gasteiger partial charge in [-0.15, -0.1) is 4.40 Å². The van der Waals surface area contributed by atoms with E-state index in [2.05, 4.69) is 14.7 Å². The molecule has 0 saturated carbocycles. The lowest BCUT2D eigenvalue weighted by atomic mass is 10.1. The maximum Gasteiger partial charge on any atom is 0.284 e. The van der Waals surface area contributed by atoms with E-state index in [9.17, 15) is 18.0 Å². The zero-order chi connectivity index (χ0) is 21.9. The minimum Gasteiger partial charge on any atom is -0.368 e. The highest BCUT2D eigenvalue weighted by Crippen LogP contribution is 2.27. The van der Waals surface area contributed by atoms with Crippen LogP contribution in [0.15, 0.2) is 62.6 Å². The number of sulfonamides is 1. The molecule has 2 aromatic carbocycles. The second-order valence-corrected chi connectivity index (χ2v) is 8.74. The number of nitrogens with zero attached hydrogens (tertiary/aromatic N) is 2. The molecule has 10 heteroatoms. The second kappa shape index (κ2) is 8.68. The molecule has 1 amide bonds. The number of carbonyl (C=O) groups is 1. The first-order valence-corrected chi connectivity index (χ1v) is 10.6. The van der Waals surface area contributed by atoms with Crippen LogP contribution in [0.1, 0.15) is 5.56 Å². The third-order valence-electron chi connectivity index (χ3n) is 4.09. The van der Waals surface area contributed by atoms with Gasteiger partial charge in [0.2, 0.25) is 11.5 Å². The summed E-state index contributed by atoms with van der Waals surface area (Å²) in [6.45, 7) is 0. The number of hydrogen-bond donors (Lipinski definition) is 2. The summed E-state index contributed by atoms with van der Waals surface area (Å²) in [5.41, 5.74) is 0.702. The van der Waals surface area contributed by atoms with Gasteiger partial charge in [-0.3, -0.25) is 9.59 Å². The first kappa shape index (κ1) is 21.5. The van der Waals surface area contributed by atoms with Crippen molar-refractivity contribution in [3.63, 3.8) is 0 Å². The standard InChI is InChI=1S/C20H19ClN4O4S/c1-25(2)12-22-30(28,29)18-11-14(10-17-15(18)7-8-19(26)24-17)23-20(27)9-13-5-3-4-6-16(13)21/h3-8,10-12H,9H2,1-2H3,(H,23,27)(H,24,26). The van der Waals surface area contributed by atoms with E-state index in [1.54, 1.807) is 38.4 Å². The molecule has 0 aliphatic carbocycles. The quantitative estimate of drug-likeness (QED) is 0.446. The van der Waals surface area contributed by atoms with Crippen LogP contribution in [0.4, 0.5) is 5.69 Å². The van der Waals surface area contributed by atoms with Gasteiger partial charge in [0.15, 0.2) is 0 Å². The number of halogens is 1. The number of hydrogen-bond acceptors (Lipinski definition) is 4. The summed E-state index contributed by atoms with van der Waals surface area (Å²) >= 11 is 6.09. The van der Waals surface area contributed by atoms with Gasteiger partial charge in [-0.2, -0.15) is 8.42 Å². The van der Waals surface area contributed by atoms with E-state index in [4.69, 9.17) is 11.6 Å². The number of aromatic nitrogens is 1. The van der Waals surface area contributed by atoms with Gasteiger partial charge in [-0.05, 0) is 29.8 Å². The number of rotatable bonds is 6. The summed E-state index contributed by atoms with van der Waals surface area (Å²) in [5.74, 6) is -0.388. The highest BCUT2D eigenvalue weighted by atomic mass is 35.5. The highest BCUT2D eigenvalue weighted by molar-refractivity contribution is 7.90. The highest BCUT2D eigenvalue weighted by Gasteiger charge is 2.19. The number of anilines is 1. The van der Waals surface area contributed by atoms with Crippen molar-refractivity contribution in [2.24, 2.45) is 4.40 Å². The Morgan fingerprint density at radius 3 is 2.63 bits per heavy atom. The van der Waals surface area contributed by atoms with E-state index in [1.165, 1.54) is 29.2 Å². The Bertz CT molecular complexity index is 1300. The average molecular weight is 447 g/mol. The fourth-order valence-corrected chi connectivity index (χ4v) is 4.11. The Morgan fingerprint density at radius 1 is 1.20 bits per heavy atom. The van der Waals surface area contributed by atoms with Crippen LogP contribution in [0, 0.1) is 0 Å². The van der Waals surface area contributed by atoms with Crippen LogP contribution in [-0.4, -0.2) is 44.6 Å². The minimum atomic E-state index is -4.09. The van der Waals surface area contributed by atoms with E-state index >= 15 is 0 Å². The zero-order valence-corrected chi connectivity index (χ0v) is 17.8. The normalized spacial score (nSPS) is 11.7. The van der Waals surface area contributed by atoms with Crippen molar-refractivity contribution >= 4 is 50.5 Å². The molecule has 0 aliphatic rings. The molecule has 0 spiro atoms. The van der Waals surface area contributed by atoms with Crippen LogP contribution < -0.4 is 10.9 Å². The molecule has 1 heterocycles. The molecule has 30 heavy (non-hydrogen) atoms. The number of carbonyl (C=O) groups excluding carboxylic acids is 1. The van der Waals surface area contributed by atoms with Crippen molar-refractivity contribution in [1.82, 2.24) is 9.88 Å². The molecule has 8 nitrogen and oxygen atoms in total. The zero-order valence-electron chi connectivity index (χ0n) is 16.2. The van der Waals surface area contributed by atoms with Crippen LogP contribution >= 0.6 is 11.6 Å². The summed E-state index contributed by atoms with van der Waals surface area (Å²) in [6.07, 6.45) is 1.17. The van der Waals surface area contributed by atoms with Crippen molar-refractivity contribution in [1.29, 1.82) is 0 Å². The third-order valence-corrected chi connectivity index (χ3v) is 5.72. The van der Waals surface area contributed by atoms with Gasteiger partial charge in [0.25, 0.3) is 10.0 Å². The van der Waals surface area contributed by atoms with E-state index < -0.39 is 15.6 Å². The third kappa shape index (κ3) is 5.05. The Balaban J connectivity index is 2.02. The molecular weight excluding hydrogens is 428 g/mol. The predicted octanol–water partition coefficient (Wildman–Crippen LogP) is 2.64. The molecule has 0 fully saturated rings. The molecule has 3 aromatic rings. The van der Waals surface area contributed by atoms with E-state index in [0.29, 0.717) is 10.6 Å². The van der Waals surface area contributed by atoms with E-state index in [1.807, 2.05) is 0 Å². The maximum absolute atomic E-state index is 12.8. The lowest BCUT2D eigenvalue weighted by molar-refractivity contribution is -0.115. The van der Waals surface area contributed by atoms with E-state index in [-0.39, 0.29) is 33.8 Å². The Hall–Kier alpha value is -3.17. The molecule has 2 N–H and O–H groups in total. The summed E-state index contributed by atoms with van der Waals surface area (Å²) in [6, 6.07) is 12.4. The lowest BCUT2D eigenvalue weighted by Crippen LogP contribution is -2.16. The fraction of sp³-hybridized carbons (Fsp3) is 0.150. The molecule has 1 aromatic heterocycles. The Morgan fingerprint density at radius 2 is 1.93 bits per heavy atom. The first-order valence-electron chi connectivity index (χ1n) is 8.83. The van der Waals surface area contributed by atoms with Gasteiger partial charge >= 0.3 is 0 Å². The molecule has 0 bridgehead atoms. The SMILES string of the molecule is CN(C)C=NS(=O)(=O)c1cc(NC(=O)Cc2ccccc2Cl)cc2[nH]c(=O)ccc12. The molecule has 0 radical (unpaired) electrons. The summed E-state index contributed by atoms with van der Waals surface area (Å²) in [4.78, 5) is 28.1. The summed E-state index contributed by atoms with van der Waals surface area (Å²) in [7, 11) is -0.808. The van der Waals surface area contributed by atoms with Crippen LogP contribution in [0.3, 0.4) is 0 Å². The van der Waals surface area contributed by atoms with Gasteiger partial charge in [-0.1, -0.05) is 29.8 Å². The number of H-pyrrole nitrogens is 1. The van der Waals surface area contributed by atoms with Crippen molar-refractivity contribution in [2.75, 3.05) is 19.4 Å². The number of nitrogens with one attached hydrogen (secondary N) is 2. The van der Waals surface area contributed by atoms with Gasteiger partial charge in [0, 0.05) is 36.3 Å². The van der Waals surface area contributed by atoms with Gasteiger partial charge < -0.3 is 15.2 Å². The van der Waals surface area contributed by atoms with Crippen LogP contribution in [0.2, 0.25) is 5.02 Å². The number of aromatic amines is 1. The van der Waals surface area contributed by atoms with Gasteiger partial charge in [0.05, 0.1) is 11.9 Å². The number of pyridine rings is 1. The lowest BCUT2D eigenvalue weighted by Gasteiger charge is -2.11. The predicted molar refractivity (Wildman–Crippen MR) is 118 cm³/mol. The molecule has 0 saturated heterocycles. The molecule has 0 unspecified atom stereocenters. The maximum atomic E-state index is 12.8. The number of amides is 1. The van der Waals surface area contributed by atoms with Gasteiger partial charge in [-0.25, -0.2) is 0 Å².